The number of carbonyl (C=O) groups excluding carboxylic acids is 1. The molecule has 1 N–H and O–H groups in total. The number of alkyl halides is 1. The molecule has 18 heavy (non-hydrogen) atoms. The molecule has 4 nitrogen and oxygen atoms in total. The van der Waals surface area contributed by atoms with Gasteiger partial charge in [0.2, 0.25) is 0 Å². The molecule has 2 heterocycles. The molecule has 0 radical (unpaired) electrons. The largest absolute Gasteiger partial charge is 0.455 e. The van der Waals surface area contributed by atoms with Crippen LogP contribution < -0.4 is 5.32 Å². The average Bonchev–Trinajstić information content (AvgIpc) is 2.89. The lowest BCUT2D eigenvalue weighted by Gasteiger charge is -2.03. The number of aromatic nitrogens is 1. The van der Waals surface area contributed by atoms with E-state index in [1.54, 1.807) is 24.5 Å². The van der Waals surface area contributed by atoms with Gasteiger partial charge in [-0.1, -0.05) is 0 Å². The van der Waals surface area contributed by atoms with E-state index in [4.69, 9.17) is 16.0 Å². The minimum absolute atomic E-state index is 0.222. The Kier molecular flexibility index (Phi) is 4.36. The predicted octanol–water partition coefficient (Wildman–Crippen LogP) is 2.39. The molecule has 0 spiro atoms. The Morgan fingerprint density at radius 3 is 2.72 bits per heavy atom. The van der Waals surface area contributed by atoms with Gasteiger partial charge in [0, 0.05) is 18.9 Å². The van der Waals surface area contributed by atoms with Crippen molar-refractivity contribution in [2.24, 2.45) is 0 Å². The Bertz CT molecular complexity index is 511. The van der Waals surface area contributed by atoms with Gasteiger partial charge in [-0.3, -0.25) is 9.78 Å². The fraction of sp³-hybridized carbons (Fsp3) is 0.231. The van der Waals surface area contributed by atoms with Crippen LogP contribution >= 0.6 is 11.6 Å². The lowest BCUT2D eigenvalue weighted by molar-refractivity contribution is 0.0925. The summed E-state index contributed by atoms with van der Waals surface area (Å²) < 4.78 is 5.24. The average molecular weight is 265 g/mol. The highest BCUT2D eigenvalue weighted by molar-refractivity contribution is 6.16. The second-order valence-electron chi connectivity index (χ2n) is 3.76. The minimum Gasteiger partial charge on any atom is -0.455 e. The van der Waals surface area contributed by atoms with Crippen molar-refractivity contribution >= 4 is 17.5 Å². The number of hydrogen-bond donors (Lipinski definition) is 1. The number of amides is 1. The molecule has 2 aromatic heterocycles. The fourth-order valence-corrected chi connectivity index (χ4v) is 1.67. The molecule has 2 rings (SSSR count). The van der Waals surface area contributed by atoms with E-state index in [9.17, 15) is 4.79 Å². The number of pyridine rings is 1. The number of nitrogens with one attached hydrogen (secondary N) is 1. The third-order valence-corrected chi connectivity index (χ3v) is 2.73. The van der Waals surface area contributed by atoms with Gasteiger partial charge in [0.05, 0.1) is 5.88 Å². The van der Waals surface area contributed by atoms with E-state index in [-0.39, 0.29) is 11.8 Å². The summed E-state index contributed by atoms with van der Waals surface area (Å²) in [5, 5.41) is 2.79. The first-order valence-corrected chi connectivity index (χ1v) is 6.15. The molecule has 0 fully saturated rings. The summed E-state index contributed by atoms with van der Waals surface area (Å²) in [5.41, 5.74) is 1.13. The minimum atomic E-state index is -0.222. The van der Waals surface area contributed by atoms with E-state index in [1.165, 1.54) is 0 Å². The van der Waals surface area contributed by atoms with Crippen LogP contribution in [0.1, 0.15) is 21.9 Å². The van der Waals surface area contributed by atoms with Gasteiger partial charge in [0.25, 0.3) is 5.91 Å². The van der Waals surface area contributed by atoms with Crippen molar-refractivity contribution in [3.8, 4) is 0 Å². The van der Waals surface area contributed by atoms with Crippen LogP contribution in [0.2, 0.25) is 0 Å². The van der Waals surface area contributed by atoms with E-state index in [1.807, 2.05) is 12.1 Å². The molecule has 0 saturated carbocycles. The first kappa shape index (κ1) is 12.6. The predicted molar refractivity (Wildman–Crippen MR) is 68.5 cm³/mol. The third-order valence-electron chi connectivity index (χ3n) is 2.47. The van der Waals surface area contributed by atoms with Crippen molar-refractivity contribution in [1.29, 1.82) is 0 Å². The number of nitrogens with zero attached hydrogens (tertiary/aromatic N) is 1. The zero-order chi connectivity index (χ0) is 12.8. The summed E-state index contributed by atoms with van der Waals surface area (Å²) in [6.45, 7) is 0.555. The highest BCUT2D eigenvalue weighted by Crippen LogP contribution is 2.09. The summed E-state index contributed by atoms with van der Waals surface area (Å²) in [6.07, 6.45) is 4.23. The van der Waals surface area contributed by atoms with Gasteiger partial charge in [0.1, 0.15) is 5.76 Å². The van der Waals surface area contributed by atoms with Crippen molar-refractivity contribution in [3.63, 3.8) is 0 Å². The molecule has 0 aliphatic heterocycles. The maximum atomic E-state index is 11.7. The molecule has 0 atom stereocenters. The first-order valence-electron chi connectivity index (χ1n) is 5.61. The van der Waals surface area contributed by atoms with Crippen molar-refractivity contribution in [2.75, 3.05) is 6.54 Å². The maximum Gasteiger partial charge on any atom is 0.287 e. The van der Waals surface area contributed by atoms with Crippen LogP contribution in [0.3, 0.4) is 0 Å². The Morgan fingerprint density at radius 1 is 1.28 bits per heavy atom. The molecule has 5 heteroatoms. The normalized spacial score (nSPS) is 10.3. The molecular formula is C13H13ClN2O2. The first-order chi connectivity index (χ1) is 8.79. The number of hydrogen-bond acceptors (Lipinski definition) is 3. The second kappa shape index (κ2) is 6.21. The lowest BCUT2D eigenvalue weighted by atomic mass is 10.2. The van der Waals surface area contributed by atoms with E-state index >= 15 is 0 Å². The molecule has 0 saturated heterocycles. The van der Waals surface area contributed by atoms with Crippen LogP contribution in [-0.2, 0) is 12.3 Å². The monoisotopic (exact) mass is 264 g/mol. The standard InChI is InChI=1S/C13H13ClN2O2/c14-9-11-1-2-12(18-11)13(17)16-8-5-10-3-6-15-7-4-10/h1-4,6-7H,5,8-9H2,(H,16,17). The third kappa shape index (κ3) is 3.34. The number of halogens is 1. The number of carbonyl (C=O) groups is 1. The molecule has 0 aromatic carbocycles. The molecule has 0 bridgehead atoms. The van der Waals surface area contributed by atoms with Crippen LogP contribution in [0.4, 0.5) is 0 Å². The maximum absolute atomic E-state index is 11.7. The summed E-state index contributed by atoms with van der Waals surface area (Å²) in [7, 11) is 0. The number of rotatable bonds is 5. The second-order valence-corrected chi connectivity index (χ2v) is 4.03. The Hall–Kier alpha value is -1.81. The van der Waals surface area contributed by atoms with Crippen molar-refractivity contribution in [1.82, 2.24) is 10.3 Å². The van der Waals surface area contributed by atoms with Gasteiger partial charge in [-0.25, -0.2) is 0 Å². The quantitative estimate of drug-likeness (QED) is 0.844. The van der Waals surface area contributed by atoms with E-state index in [0.29, 0.717) is 18.1 Å². The molecule has 0 unspecified atom stereocenters. The lowest BCUT2D eigenvalue weighted by Crippen LogP contribution is -2.25. The van der Waals surface area contributed by atoms with Gasteiger partial charge in [-0.05, 0) is 36.2 Å². The highest BCUT2D eigenvalue weighted by Gasteiger charge is 2.09. The van der Waals surface area contributed by atoms with Crippen molar-refractivity contribution in [3.05, 3.63) is 53.7 Å². The summed E-state index contributed by atoms with van der Waals surface area (Å²) >= 11 is 5.60. The van der Waals surface area contributed by atoms with Gasteiger partial charge < -0.3 is 9.73 Å². The molecule has 0 aliphatic carbocycles. The van der Waals surface area contributed by atoms with Gasteiger partial charge in [0.15, 0.2) is 5.76 Å². The van der Waals surface area contributed by atoms with Gasteiger partial charge in [-0.2, -0.15) is 0 Å². The highest BCUT2D eigenvalue weighted by atomic mass is 35.5. The Morgan fingerprint density at radius 2 is 2.06 bits per heavy atom. The molecule has 0 aliphatic rings. The van der Waals surface area contributed by atoms with Crippen LogP contribution in [0.25, 0.3) is 0 Å². The van der Waals surface area contributed by atoms with E-state index < -0.39 is 0 Å². The summed E-state index contributed by atoms with van der Waals surface area (Å²) in [4.78, 5) is 15.6. The Balaban J connectivity index is 1.81. The van der Waals surface area contributed by atoms with Gasteiger partial charge >= 0.3 is 0 Å². The van der Waals surface area contributed by atoms with Crippen molar-refractivity contribution in [2.45, 2.75) is 12.3 Å². The Labute approximate surface area is 110 Å². The molecule has 1 amide bonds. The zero-order valence-electron chi connectivity index (χ0n) is 9.73. The molecule has 94 valence electrons. The van der Waals surface area contributed by atoms with Crippen LogP contribution in [0.5, 0.6) is 0 Å². The fourth-order valence-electron chi connectivity index (χ4n) is 1.53. The number of furan rings is 1. The topological polar surface area (TPSA) is 55.1 Å². The zero-order valence-corrected chi connectivity index (χ0v) is 10.5. The van der Waals surface area contributed by atoms with Crippen LogP contribution in [0.15, 0.2) is 41.1 Å². The van der Waals surface area contributed by atoms with Crippen LogP contribution in [0, 0.1) is 0 Å². The van der Waals surface area contributed by atoms with E-state index in [2.05, 4.69) is 10.3 Å². The van der Waals surface area contributed by atoms with Crippen LogP contribution in [-0.4, -0.2) is 17.4 Å². The molecule has 2 aromatic rings. The summed E-state index contributed by atoms with van der Waals surface area (Å²) in [5.74, 6) is 0.932. The molecular weight excluding hydrogens is 252 g/mol. The van der Waals surface area contributed by atoms with Gasteiger partial charge in [-0.15, -0.1) is 11.6 Å². The SMILES string of the molecule is O=C(NCCc1ccncc1)c1ccc(CCl)o1. The smallest absolute Gasteiger partial charge is 0.287 e. The van der Waals surface area contributed by atoms with Crippen molar-refractivity contribution < 1.29 is 9.21 Å². The van der Waals surface area contributed by atoms with E-state index in [0.717, 1.165) is 12.0 Å². The summed E-state index contributed by atoms with van der Waals surface area (Å²) in [6, 6.07) is 7.17.